The summed E-state index contributed by atoms with van der Waals surface area (Å²) in [6.07, 6.45) is 1.52. The molecule has 0 aromatic carbocycles. The van der Waals surface area contributed by atoms with Crippen LogP contribution in [0.2, 0.25) is 25.7 Å². The van der Waals surface area contributed by atoms with Crippen molar-refractivity contribution in [2.75, 3.05) is 5.75 Å². The van der Waals surface area contributed by atoms with Gasteiger partial charge in [0.15, 0.2) is 0 Å². The van der Waals surface area contributed by atoms with Gasteiger partial charge < -0.3 is 0 Å². The summed E-state index contributed by atoms with van der Waals surface area (Å²) in [5.74, 6) is 0.190. The van der Waals surface area contributed by atoms with Crippen LogP contribution in [-0.2, 0) is 10.0 Å². The van der Waals surface area contributed by atoms with E-state index in [0.717, 1.165) is 6.04 Å². The molecule has 3 nitrogen and oxygen atoms in total. The molecule has 0 spiro atoms. The molecule has 0 saturated carbocycles. The Labute approximate surface area is 95.1 Å². The Morgan fingerprint density at radius 2 is 1.67 bits per heavy atom. The fourth-order valence-corrected chi connectivity index (χ4v) is 4.79. The molecule has 0 N–H and O–H groups in total. The van der Waals surface area contributed by atoms with Gasteiger partial charge in [-0.05, 0) is 11.5 Å². The van der Waals surface area contributed by atoms with Crippen LogP contribution in [-0.4, -0.2) is 28.5 Å². The molecule has 0 rings (SSSR count). The maximum absolute atomic E-state index is 11.5. The van der Waals surface area contributed by atoms with Crippen LogP contribution >= 0.6 is 0 Å². The lowest BCUT2D eigenvalue weighted by atomic mass is 10.00. The molecule has 5 heteroatoms. The second kappa shape index (κ2) is 4.78. The van der Waals surface area contributed by atoms with E-state index in [9.17, 15) is 8.42 Å². The lowest BCUT2D eigenvalue weighted by molar-refractivity contribution is 0.590. The molecule has 0 saturated heterocycles. The van der Waals surface area contributed by atoms with Gasteiger partial charge in [-0.3, -0.25) is 0 Å². The molecule has 0 radical (unpaired) electrons. The van der Waals surface area contributed by atoms with Gasteiger partial charge in [0, 0.05) is 14.3 Å². The zero-order chi connectivity index (χ0) is 12.3. The van der Waals surface area contributed by atoms with E-state index in [0.29, 0.717) is 0 Å². The number of hydrogen-bond donors (Lipinski definition) is 0. The van der Waals surface area contributed by atoms with Gasteiger partial charge >= 0.3 is 0 Å². The second-order valence-electron chi connectivity index (χ2n) is 6.20. The monoisotopic (exact) mass is 249 g/mol. The van der Waals surface area contributed by atoms with Crippen molar-refractivity contribution in [1.29, 1.82) is 0 Å². The van der Waals surface area contributed by atoms with E-state index in [1.54, 1.807) is 0 Å². The molecule has 0 atom stereocenters. The fraction of sp³-hybridized carbons (Fsp3) is 0.900. The fourth-order valence-electron chi connectivity index (χ4n) is 0.726. The number of hydrogen-bond acceptors (Lipinski definition) is 2. The molecule has 90 valence electrons. The first-order chi connectivity index (χ1) is 6.41. The van der Waals surface area contributed by atoms with Crippen LogP contribution in [0, 0.1) is 5.41 Å². The third-order valence-electron chi connectivity index (χ3n) is 1.71. The maximum atomic E-state index is 11.5. The van der Waals surface area contributed by atoms with Gasteiger partial charge in [0.05, 0.1) is 5.75 Å². The van der Waals surface area contributed by atoms with Crippen molar-refractivity contribution in [3.05, 3.63) is 0 Å². The van der Waals surface area contributed by atoms with E-state index in [1.807, 2.05) is 20.8 Å². The first kappa shape index (κ1) is 14.8. The number of rotatable bonds is 4. The first-order valence-electron chi connectivity index (χ1n) is 5.21. The third-order valence-corrected chi connectivity index (χ3v) is 4.97. The van der Waals surface area contributed by atoms with Crippen molar-refractivity contribution < 1.29 is 8.42 Å². The minimum atomic E-state index is -3.24. The Hall–Kier alpha value is -0.163. The Morgan fingerprint density at radius 3 is 2.00 bits per heavy atom. The molecule has 0 unspecified atom stereocenters. The Kier molecular flexibility index (Phi) is 4.73. The Bertz CT molecular complexity index is 320. The van der Waals surface area contributed by atoms with Crippen LogP contribution in [0.25, 0.3) is 0 Å². The van der Waals surface area contributed by atoms with Crippen molar-refractivity contribution in [3.63, 3.8) is 0 Å². The van der Waals surface area contributed by atoms with E-state index in [-0.39, 0.29) is 11.2 Å². The number of nitrogens with zero attached hydrogens (tertiary/aromatic N) is 1. The van der Waals surface area contributed by atoms with Gasteiger partial charge in [-0.1, -0.05) is 40.4 Å². The summed E-state index contributed by atoms with van der Waals surface area (Å²) in [5.41, 5.74) is -0.174. The molecule has 0 amide bonds. The SMILES string of the molecule is CC(C)(C)/C=N/S(=O)(=O)CC[Si](C)(C)C. The molecule has 0 fully saturated rings. The highest BCUT2D eigenvalue weighted by atomic mass is 32.2. The summed E-state index contributed by atoms with van der Waals surface area (Å²) in [6.45, 7) is 12.3. The minimum Gasteiger partial charge on any atom is -0.205 e. The predicted octanol–water partition coefficient (Wildman–Crippen LogP) is 2.77. The van der Waals surface area contributed by atoms with Gasteiger partial charge in [0.2, 0.25) is 0 Å². The minimum absolute atomic E-state index is 0.174. The van der Waals surface area contributed by atoms with Crippen LogP contribution in [0.1, 0.15) is 20.8 Å². The molecular formula is C10H23NO2SSi. The molecular weight excluding hydrogens is 226 g/mol. The quantitative estimate of drug-likeness (QED) is 0.568. The summed E-state index contributed by atoms with van der Waals surface area (Å²) in [6, 6.07) is 0.775. The summed E-state index contributed by atoms with van der Waals surface area (Å²) >= 11 is 0. The Balaban J connectivity index is 4.41. The summed E-state index contributed by atoms with van der Waals surface area (Å²) in [4.78, 5) is 0. The van der Waals surface area contributed by atoms with Crippen LogP contribution in [0.4, 0.5) is 0 Å². The Morgan fingerprint density at radius 1 is 1.20 bits per heavy atom. The van der Waals surface area contributed by atoms with Crippen LogP contribution in [0.15, 0.2) is 4.40 Å². The normalized spacial score (nSPS) is 14.8. The van der Waals surface area contributed by atoms with Crippen molar-refractivity contribution in [1.82, 2.24) is 0 Å². The lowest BCUT2D eigenvalue weighted by Gasteiger charge is -2.14. The zero-order valence-corrected chi connectivity index (χ0v) is 12.5. The average Bonchev–Trinajstić information content (AvgIpc) is 1.96. The van der Waals surface area contributed by atoms with Crippen molar-refractivity contribution in [3.8, 4) is 0 Å². The van der Waals surface area contributed by atoms with E-state index < -0.39 is 18.1 Å². The predicted molar refractivity (Wildman–Crippen MR) is 69.9 cm³/mol. The highest BCUT2D eigenvalue weighted by Crippen LogP contribution is 2.13. The zero-order valence-electron chi connectivity index (χ0n) is 10.7. The molecule has 0 aromatic rings. The standard InChI is InChI=1S/C10H23NO2SSi/c1-10(2,3)9-11-14(12,13)7-8-15(4,5)6/h9H,7-8H2,1-6H3/b11-9+. The smallest absolute Gasteiger partial charge is 0.205 e. The third kappa shape index (κ3) is 10.1. The summed E-state index contributed by atoms with van der Waals surface area (Å²) in [7, 11) is -4.54. The van der Waals surface area contributed by atoms with Gasteiger partial charge in [-0.2, -0.15) is 4.40 Å². The van der Waals surface area contributed by atoms with Gasteiger partial charge in [0.1, 0.15) is 0 Å². The number of sulfonamides is 1. The summed E-state index contributed by atoms with van der Waals surface area (Å²) in [5, 5.41) is 0. The molecule has 0 aromatic heterocycles. The van der Waals surface area contributed by atoms with E-state index in [2.05, 4.69) is 24.0 Å². The summed E-state index contributed by atoms with van der Waals surface area (Å²) < 4.78 is 26.8. The largest absolute Gasteiger partial charge is 0.252 e. The molecule has 0 bridgehead atoms. The van der Waals surface area contributed by atoms with E-state index >= 15 is 0 Å². The molecule has 0 heterocycles. The average molecular weight is 249 g/mol. The van der Waals surface area contributed by atoms with Crippen molar-refractivity contribution in [2.24, 2.45) is 9.81 Å². The second-order valence-corrected chi connectivity index (χ2v) is 13.6. The maximum Gasteiger partial charge on any atom is 0.252 e. The highest BCUT2D eigenvalue weighted by molar-refractivity contribution is 7.90. The van der Waals surface area contributed by atoms with Crippen molar-refractivity contribution in [2.45, 2.75) is 46.5 Å². The molecule has 15 heavy (non-hydrogen) atoms. The van der Waals surface area contributed by atoms with Crippen LogP contribution < -0.4 is 0 Å². The van der Waals surface area contributed by atoms with E-state index in [4.69, 9.17) is 0 Å². The van der Waals surface area contributed by atoms with Crippen molar-refractivity contribution >= 4 is 24.3 Å². The van der Waals surface area contributed by atoms with Crippen LogP contribution in [0.3, 0.4) is 0 Å². The topological polar surface area (TPSA) is 46.5 Å². The van der Waals surface area contributed by atoms with Crippen LogP contribution in [0.5, 0.6) is 0 Å². The van der Waals surface area contributed by atoms with Gasteiger partial charge in [-0.25, -0.2) is 8.42 Å². The van der Waals surface area contributed by atoms with E-state index in [1.165, 1.54) is 6.21 Å². The molecule has 0 aliphatic rings. The highest BCUT2D eigenvalue weighted by Gasteiger charge is 2.18. The first-order valence-corrected chi connectivity index (χ1v) is 10.5. The molecule has 0 aliphatic heterocycles. The lowest BCUT2D eigenvalue weighted by Crippen LogP contribution is -2.23. The van der Waals surface area contributed by atoms with Gasteiger partial charge in [-0.15, -0.1) is 0 Å². The molecule has 0 aliphatic carbocycles. The van der Waals surface area contributed by atoms with Gasteiger partial charge in [0.25, 0.3) is 10.0 Å².